The molecule has 2 aromatic heterocycles. The minimum Gasteiger partial charge on any atom is -0.469 e. The number of aromatic nitrogens is 1. The first kappa shape index (κ1) is 12.6. The molecule has 1 N–H and O–H groups in total. The molecule has 0 aliphatic carbocycles. The van der Waals surface area contributed by atoms with Crippen LogP contribution in [0.15, 0.2) is 35.1 Å². The number of rotatable bonds is 4. The largest absolute Gasteiger partial charge is 0.469 e. The SMILES string of the molecule is Cc1occc1CN(C)c1ncccc1C(C)O. The molecule has 0 aromatic carbocycles. The molecule has 96 valence electrons. The molecule has 0 bridgehead atoms. The van der Waals surface area contributed by atoms with Crippen LogP contribution in [0.1, 0.15) is 29.9 Å². The highest BCUT2D eigenvalue weighted by Gasteiger charge is 2.14. The maximum absolute atomic E-state index is 9.75. The van der Waals surface area contributed by atoms with Crippen molar-refractivity contribution < 1.29 is 9.52 Å². The van der Waals surface area contributed by atoms with Gasteiger partial charge in [-0.05, 0) is 26.0 Å². The van der Waals surface area contributed by atoms with Crippen LogP contribution in [0.3, 0.4) is 0 Å². The molecule has 2 rings (SSSR count). The van der Waals surface area contributed by atoms with Crippen molar-refractivity contribution in [3.8, 4) is 0 Å². The smallest absolute Gasteiger partial charge is 0.134 e. The number of anilines is 1. The van der Waals surface area contributed by atoms with Gasteiger partial charge in [0.25, 0.3) is 0 Å². The molecule has 0 fully saturated rings. The fourth-order valence-electron chi connectivity index (χ4n) is 1.96. The first-order chi connectivity index (χ1) is 8.59. The molecule has 0 spiro atoms. The predicted octanol–water partition coefficient (Wildman–Crippen LogP) is 2.67. The number of aliphatic hydroxyl groups excluding tert-OH is 1. The lowest BCUT2D eigenvalue weighted by Gasteiger charge is -2.21. The summed E-state index contributed by atoms with van der Waals surface area (Å²) < 4.78 is 5.28. The molecular weight excluding hydrogens is 228 g/mol. The van der Waals surface area contributed by atoms with Crippen LogP contribution in [-0.4, -0.2) is 17.1 Å². The second kappa shape index (κ2) is 5.23. The molecule has 2 aromatic rings. The lowest BCUT2D eigenvalue weighted by atomic mass is 10.1. The molecule has 1 unspecified atom stereocenters. The van der Waals surface area contributed by atoms with Crippen molar-refractivity contribution in [2.75, 3.05) is 11.9 Å². The van der Waals surface area contributed by atoms with Gasteiger partial charge in [-0.1, -0.05) is 6.07 Å². The summed E-state index contributed by atoms with van der Waals surface area (Å²) in [5.74, 6) is 1.71. The van der Waals surface area contributed by atoms with Gasteiger partial charge >= 0.3 is 0 Å². The van der Waals surface area contributed by atoms with Crippen LogP contribution in [0, 0.1) is 6.92 Å². The summed E-state index contributed by atoms with van der Waals surface area (Å²) in [6, 6.07) is 5.69. The average Bonchev–Trinajstić information content (AvgIpc) is 2.75. The first-order valence-electron chi connectivity index (χ1n) is 5.96. The van der Waals surface area contributed by atoms with Crippen molar-refractivity contribution >= 4 is 5.82 Å². The summed E-state index contributed by atoms with van der Waals surface area (Å²) in [5.41, 5.74) is 1.96. The minimum atomic E-state index is -0.526. The quantitative estimate of drug-likeness (QED) is 0.901. The normalized spacial score (nSPS) is 12.4. The minimum absolute atomic E-state index is 0.526. The van der Waals surface area contributed by atoms with Crippen molar-refractivity contribution in [1.29, 1.82) is 0 Å². The Labute approximate surface area is 107 Å². The topological polar surface area (TPSA) is 49.5 Å². The molecule has 4 heteroatoms. The monoisotopic (exact) mass is 246 g/mol. The number of furan rings is 1. The van der Waals surface area contributed by atoms with Crippen molar-refractivity contribution in [3.05, 3.63) is 47.5 Å². The number of aliphatic hydroxyl groups is 1. The molecule has 2 heterocycles. The van der Waals surface area contributed by atoms with Gasteiger partial charge in [0.2, 0.25) is 0 Å². The second-order valence-electron chi connectivity index (χ2n) is 4.45. The Kier molecular flexibility index (Phi) is 3.67. The number of hydrogen-bond acceptors (Lipinski definition) is 4. The average molecular weight is 246 g/mol. The Morgan fingerprint density at radius 3 is 2.83 bits per heavy atom. The van der Waals surface area contributed by atoms with E-state index in [9.17, 15) is 5.11 Å². The maximum Gasteiger partial charge on any atom is 0.134 e. The Morgan fingerprint density at radius 1 is 1.44 bits per heavy atom. The molecule has 0 saturated heterocycles. The summed E-state index contributed by atoms with van der Waals surface area (Å²) in [5, 5.41) is 9.75. The van der Waals surface area contributed by atoms with Gasteiger partial charge in [-0.3, -0.25) is 0 Å². The highest BCUT2D eigenvalue weighted by atomic mass is 16.3. The van der Waals surface area contributed by atoms with Gasteiger partial charge in [0.15, 0.2) is 0 Å². The van der Waals surface area contributed by atoms with E-state index in [2.05, 4.69) is 4.98 Å². The van der Waals surface area contributed by atoms with Crippen LogP contribution < -0.4 is 4.90 Å². The van der Waals surface area contributed by atoms with E-state index in [4.69, 9.17) is 4.42 Å². The van der Waals surface area contributed by atoms with E-state index in [1.54, 1.807) is 19.4 Å². The van der Waals surface area contributed by atoms with E-state index in [1.807, 2.05) is 37.1 Å². The van der Waals surface area contributed by atoms with E-state index in [1.165, 1.54) is 0 Å². The third kappa shape index (κ3) is 2.54. The zero-order chi connectivity index (χ0) is 13.1. The van der Waals surface area contributed by atoms with Gasteiger partial charge in [0.1, 0.15) is 11.6 Å². The van der Waals surface area contributed by atoms with Crippen LogP contribution >= 0.6 is 0 Å². The standard InChI is InChI=1S/C14H18N2O2/c1-10(17)13-5-4-7-15-14(13)16(3)9-12-6-8-18-11(12)2/h4-8,10,17H,9H2,1-3H3. The fourth-order valence-corrected chi connectivity index (χ4v) is 1.96. The number of nitrogens with zero attached hydrogens (tertiary/aromatic N) is 2. The van der Waals surface area contributed by atoms with E-state index in [0.717, 1.165) is 22.7 Å². The van der Waals surface area contributed by atoms with Crippen molar-refractivity contribution in [3.63, 3.8) is 0 Å². The molecule has 1 atom stereocenters. The number of aryl methyl sites for hydroxylation is 1. The maximum atomic E-state index is 9.75. The Balaban J connectivity index is 2.24. The lowest BCUT2D eigenvalue weighted by molar-refractivity contribution is 0.199. The van der Waals surface area contributed by atoms with Crippen molar-refractivity contribution in [2.45, 2.75) is 26.5 Å². The molecule has 0 aliphatic heterocycles. The zero-order valence-corrected chi connectivity index (χ0v) is 10.9. The molecule has 0 amide bonds. The van der Waals surface area contributed by atoms with E-state index in [-0.39, 0.29) is 0 Å². The highest BCUT2D eigenvalue weighted by Crippen LogP contribution is 2.24. The Bertz CT molecular complexity index is 520. The molecule has 18 heavy (non-hydrogen) atoms. The van der Waals surface area contributed by atoms with Crippen LogP contribution in [0.2, 0.25) is 0 Å². The molecule has 0 radical (unpaired) electrons. The predicted molar refractivity (Wildman–Crippen MR) is 70.4 cm³/mol. The molecule has 4 nitrogen and oxygen atoms in total. The second-order valence-corrected chi connectivity index (χ2v) is 4.45. The van der Waals surface area contributed by atoms with Gasteiger partial charge < -0.3 is 14.4 Å². The van der Waals surface area contributed by atoms with E-state index in [0.29, 0.717) is 6.54 Å². The van der Waals surface area contributed by atoms with Gasteiger partial charge in [0, 0.05) is 30.9 Å². The highest BCUT2D eigenvalue weighted by molar-refractivity contribution is 5.47. The summed E-state index contributed by atoms with van der Waals surface area (Å²) in [4.78, 5) is 6.36. The first-order valence-corrected chi connectivity index (χ1v) is 5.96. The van der Waals surface area contributed by atoms with Gasteiger partial charge in [-0.15, -0.1) is 0 Å². The van der Waals surface area contributed by atoms with E-state index < -0.39 is 6.10 Å². The van der Waals surface area contributed by atoms with Gasteiger partial charge in [-0.2, -0.15) is 0 Å². The van der Waals surface area contributed by atoms with Gasteiger partial charge in [-0.25, -0.2) is 4.98 Å². The summed E-state index contributed by atoms with van der Waals surface area (Å²) in [6.07, 6.45) is 2.90. The Hall–Kier alpha value is -1.81. The van der Waals surface area contributed by atoms with Crippen LogP contribution in [0.5, 0.6) is 0 Å². The summed E-state index contributed by atoms with van der Waals surface area (Å²) in [6.45, 7) is 4.40. The fraction of sp³-hybridized carbons (Fsp3) is 0.357. The number of pyridine rings is 1. The van der Waals surface area contributed by atoms with Gasteiger partial charge in [0.05, 0.1) is 12.4 Å². The third-order valence-electron chi connectivity index (χ3n) is 3.00. The zero-order valence-electron chi connectivity index (χ0n) is 10.9. The summed E-state index contributed by atoms with van der Waals surface area (Å²) >= 11 is 0. The molecular formula is C14H18N2O2. The third-order valence-corrected chi connectivity index (χ3v) is 3.00. The lowest BCUT2D eigenvalue weighted by Crippen LogP contribution is -2.20. The summed E-state index contributed by atoms with van der Waals surface area (Å²) in [7, 11) is 1.96. The Morgan fingerprint density at radius 2 is 2.22 bits per heavy atom. The molecule has 0 saturated carbocycles. The van der Waals surface area contributed by atoms with Crippen molar-refractivity contribution in [2.24, 2.45) is 0 Å². The number of hydrogen-bond donors (Lipinski definition) is 1. The van der Waals surface area contributed by atoms with E-state index >= 15 is 0 Å². The van der Waals surface area contributed by atoms with Crippen LogP contribution in [0.25, 0.3) is 0 Å². The van der Waals surface area contributed by atoms with Crippen LogP contribution in [-0.2, 0) is 6.54 Å². The van der Waals surface area contributed by atoms with Crippen molar-refractivity contribution in [1.82, 2.24) is 4.98 Å². The van der Waals surface area contributed by atoms with Crippen LogP contribution in [0.4, 0.5) is 5.82 Å². The molecule has 0 aliphatic rings.